The molecule has 0 amide bonds. The van der Waals surface area contributed by atoms with Gasteiger partial charge in [0.1, 0.15) is 0 Å². The van der Waals surface area contributed by atoms with Crippen molar-refractivity contribution in [2.75, 3.05) is 13.2 Å². The Hall–Kier alpha value is -1.02. The first-order valence-electron chi connectivity index (χ1n) is 5.22. The molecule has 0 aromatic heterocycles. The Labute approximate surface area is 98.6 Å². The number of hydrogen-bond acceptors (Lipinski definition) is 7. The highest BCUT2D eigenvalue weighted by molar-refractivity contribution is 5.93. The van der Waals surface area contributed by atoms with Gasteiger partial charge in [-0.15, -0.1) is 0 Å². The number of hydrogen-bond donors (Lipinski definition) is 4. The molecular formula is C10H18O7. The van der Waals surface area contributed by atoms with Crippen molar-refractivity contribution >= 4 is 11.9 Å². The molecule has 2 atom stereocenters. The molecule has 0 bridgehead atoms. The van der Waals surface area contributed by atoms with Crippen LogP contribution in [0.15, 0.2) is 0 Å². The standard InChI is InChI=1S/C10H18O7/c1-3-9(15,5-11)7(13)17-8(14)10(16,4-2)6-12/h11-12,15-16H,3-6H2,1-2H3. The second kappa shape index (κ2) is 6.06. The van der Waals surface area contributed by atoms with Crippen molar-refractivity contribution in [1.29, 1.82) is 0 Å². The third-order valence-electron chi connectivity index (χ3n) is 2.64. The van der Waals surface area contributed by atoms with E-state index in [1.54, 1.807) is 0 Å². The molecule has 7 heteroatoms. The predicted molar refractivity (Wildman–Crippen MR) is 55.8 cm³/mol. The fourth-order valence-corrected chi connectivity index (χ4v) is 0.916. The molecule has 0 aliphatic rings. The molecule has 0 radical (unpaired) electrons. The number of ether oxygens (including phenoxy) is 1. The Morgan fingerprint density at radius 1 is 0.941 bits per heavy atom. The fourth-order valence-electron chi connectivity index (χ4n) is 0.916. The maximum absolute atomic E-state index is 11.4. The smallest absolute Gasteiger partial charge is 0.348 e. The fraction of sp³-hybridized carbons (Fsp3) is 0.800. The highest BCUT2D eigenvalue weighted by Gasteiger charge is 2.42. The summed E-state index contributed by atoms with van der Waals surface area (Å²) >= 11 is 0. The molecule has 0 fully saturated rings. The van der Waals surface area contributed by atoms with Gasteiger partial charge in [0.2, 0.25) is 0 Å². The van der Waals surface area contributed by atoms with Gasteiger partial charge in [-0.2, -0.15) is 0 Å². The monoisotopic (exact) mass is 250 g/mol. The normalized spacial score (nSPS) is 18.0. The van der Waals surface area contributed by atoms with E-state index in [9.17, 15) is 19.8 Å². The minimum absolute atomic E-state index is 0.153. The van der Waals surface area contributed by atoms with Crippen molar-refractivity contribution in [3.8, 4) is 0 Å². The lowest BCUT2D eigenvalue weighted by molar-refractivity contribution is -0.190. The van der Waals surface area contributed by atoms with Gasteiger partial charge in [0.15, 0.2) is 11.2 Å². The summed E-state index contributed by atoms with van der Waals surface area (Å²) in [6, 6.07) is 0. The van der Waals surface area contributed by atoms with Crippen molar-refractivity contribution in [3.05, 3.63) is 0 Å². The van der Waals surface area contributed by atoms with E-state index in [1.807, 2.05) is 0 Å². The number of carbonyl (C=O) groups is 2. The molecule has 0 saturated heterocycles. The zero-order valence-electron chi connectivity index (χ0n) is 9.84. The zero-order valence-corrected chi connectivity index (χ0v) is 9.84. The van der Waals surface area contributed by atoms with Gasteiger partial charge in [-0.05, 0) is 12.8 Å². The number of rotatable bonds is 6. The van der Waals surface area contributed by atoms with Crippen LogP contribution < -0.4 is 0 Å². The zero-order chi connectivity index (χ0) is 13.7. The van der Waals surface area contributed by atoms with E-state index < -0.39 is 36.4 Å². The summed E-state index contributed by atoms with van der Waals surface area (Å²) in [6.07, 6.45) is -0.307. The maximum atomic E-state index is 11.4. The summed E-state index contributed by atoms with van der Waals surface area (Å²) < 4.78 is 4.25. The van der Waals surface area contributed by atoms with E-state index in [0.717, 1.165) is 0 Å². The predicted octanol–water partition coefficient (Wildman–Crippen LogP) is -1.68. The van der Waals surface area contributed by atoms with Gasteiger partial charge in [-0.25, -0.2) is 9.59 Å². The van der Waals surface area contributed by atoms with Crippen LogP contribution in [0.2, 0.25) is 0 Å². The van der Waals surface area contributed by atoms with Crippen LogP contribution in [0.3, 0.4) is 0 Å². The molecule has 17 heavy (non-hydrogen) atoms. The topological polar surface area (TPSA) is 124 Å². The van der Waals surface area contributed by atoms with Gasteiger partial charge < -0.3 is 25.2 Å². The van der Waals surface area contributed by atoms with Crippen LogP contribution in [0.4, 0.5) is 0 Å². The van der Waals surface area contributed by atoms with Crippen molar-refractivity contribution in [1.82, 2.24) is 0 Å². The van der Waals surface area contributed by atoms with Crippen LogP contribution >= 0.6 is 0 Å². The molecule has 100 valence electrons. The SMILES string of the molecule is CCC(O)(CO)C(=O)OC(=O)C(O)(CC)CO. The Morgan fingerprint density at radius 2 is 1.24 bits per heavy atom. The Morgan fingerprint density at radius 3 is 1.41 bits per heavy atom. The first-order valence-corrected chi connectivity index (χ1v) is 5.22. The highest BCUT2D eigenvalue weighted by Crippen LogP contribution is 2.16. The summed E-state index contributed by atoms with van der Waals surface area (Å²) in [7, 11) is 0. The van der Waals surface area contributed by atoms with Gasteiger partial charge in [0, 0.05) is 0 Å². The second-order valence-corrected chi connectivity index (χ2v) is 3.76. The van der Waals surface area contributed by atoms with Gasteiger partial charge >= 0.3 is 11.9 Å². The number of esters is 2. The minimum atomic E-state index is -2.18. The molecular weight excluding hydrogens is 232 g/mol. The third kappa shape index (κ3) is 3.47. The Balaban J connectivity index is 4.76. The molecule has 7 nitrogen and oxygen atoms in total. The van der Waals surface area contributed by atoms with E-state index in [2.05, 4.69) is 4.74 Å². The molecule has 2 unspecified atom stereocenters. The first kappa shape index (κ1) is 16.0. The lowest BCUT2D eigenvalue weighted by Crippen LogP contribution is -2.49. The summed E-state index contributed by atoms with van der Waals surface area (Å²) in [5.41, 5.74) is -4.36. The minimum Gasteiger partial charge on any atom is -0.393 e. The second-order valence-electron chi connectivity index (χ2n) is 3.76. The largest absolute Gasteiger partial charge is 0.393 e. The molecule has 4 N–H and O–H groups in total. The van der Waals surface area contributed by atoms with Gasteiger partial charge in [0.25, 0.3) is 0 Å². The van der Waals surface area contributed by atoms with E-state index in [-0.39, 0.29) is 12.8 Å². The highest BCUT2D eigenvalue weighted by atomic mass is 16.6. The summed E-state index contributed by atoms with van der Waals surface area (Å²) in [6.45, 7) is 1.03. The van der Waals surface area contributed by atoms with Crippen molar-refractivity contribution in [3.63, 3.8) is 0 Å². The van der Waals surface area contributed by atoms with Crippen molar-refractivity contribution in [2.24, 2.45) is 0 Å². The average Bonchev–Trinajstić information content (AvgIpc) is 2.36. The number of aliphatic hydroxyl groups is 4. The van der Waals surface area contributed by atoms with Gasteiger partial charge in [-0.3, -0.25) is 0 Å². The van der Waals surface area contributed by atoms with Crippen LogP contribution in [0.5, 0.6) is 0 Å². The van der Waals surface area contributed by atoms with E-state index >= 15 is 0 Å². The molecule has 0 heterocycles. The number of carbonyl (C=O) groups excluding carboxylic acids is 2. The van der Waals surface area contributed by atoms with Crippen molar-refractivity contribution in [2.45, 2.75) is 37.9 Å². The molecule has 0 aliphatic heterocycles. The molecule has 0 aliphatic carbocycles. The lowest BCUT2D eigenvalue weighted by Gasteiger charge is -2.25. The van der Waals surface area contributed by atoms with E-state index in [4.69, 9.17) is 10.2 Å². The third-order valence-corrected chi connectivity index (χ3v) is 2.64. The summed E-state index contributed by atoms with van der Waals surface area (Å²) in [4.78, 5) is 22.7. The van der Waals surface area contributed by atoms with Crippen LogP contribution in [-0.2, 0) is 14.3 Å². The van der Waals surface area contributed by atoms with Crippen LogP contribution in [0.25, 0.3) is 0 Å². The quantitative estimate of drug-likeness (QED) is 0.328. The molecule has 0 rings (SSSR count). The molecule has 0 spiro atoms. The van der Waals surface area contributed by atoms with E-state index in [0.29, 0.717) is 0 Å². The van der Waals surface area contributed by atoms with Gasteiger partial charge in [0.05, 0.1) is 13.2 Å². The maximum Gasteiger partial charge on any atom is 0.348 e. The van der Waals surface area contributed by atoms with Crippen molar-refractivity contribution < 1.29 is 34.8 Å². The van der Waals surface area contributed by atoms with Crippen LogP contribution in [-0.4, -0.2) is 56.8 Å². The van der Waals surface area contributed by atoms with Crippen LogP contribution in [0, 0.1) is 0 Å². The summed E-state index contributed by atoms with van der Waals surface area (Å²) in [5, 5.41) is 36.7. The Kier molecular flexibility index (Phi) is 5.70. The molecule has 0 aromatic carbocycles. The number of aliphatic hydroxyl groups excluding tert-OH is 2. The van der Waals surface area contributed by atoms with Gasteiger partial charge in [-0.1, -0.05) is 13.8 Å². The molecule has 0 aromatic rings. The van der Waals surface area contributed by atoms with E-state index in [1.165, 1.54) is 13.8 Å². The Bertz CT molecular complexity index is 250. The summed E-state index contributed by atoms with van der Waals surface area (Å²) in [5.74, 6) is -2.71. The average molecular weight is 250 g/mol. The lowest BCUT2D eigenvalue weighted by atomic mass is 10.0. The van der Waals surface area contributed by atoms with Crippen LogP contribution in [0.1, 0.15) is 26.7 Å². The first-order chi connectivity index (χ1) is 7.79. The molecule has 0 saturated carbocycles.